The minimum atomic E-state index is -0.200. The van der Waals surface area contributed by atoms with Crippen molar-refractivity contribution >= 4 is 17.6 Å². The van der Waals surface area contributed by atoms with Gasteiger partial charge >= 0.3 is 0 Å². The summed E-state index contributed by atoms with van der Waals surface area (Å²) in [4.78, 5) is 35.3. The van der Waals surface area contributed by atoms with Crippen molar-refractivity contribution in [3.8, 4) is 0 Å². The molecule has 0 N–H and O–H groups in total. The van der Waals surface area contributed by atoms with Crippen molar-refractivity contribution < 1.29 is 14.4 Å². The average molecular weight is 239 g/mol. The minimum absolute atomic E-state index is 0.00472. The minimum Gasteiger partial charge on any atom is -0.298 e. The van der Waals surface area contributed by atoms with Crippen molar-refractivity contribution in [3.63, 3.8) is 0 Å². The lowest BCUT2D eigenvalue weighted by Crippen LogP contribution is -2.34. The van der Waals surface area contributed by atoms with E-state index in [1.807, 2.05) is 0 Å². The normalized spacial score (nSPS) is 15.7. The standard InChI is InChI=1S/C13H21NO3/c1-2-3-4-5-6-7-11(15)10-14-12(16)8-9-13(14)17/h2-10H2,1H3. The highest BCUT2D eigenvalue weighted by Crippen LogP contribution is 2.12. The largest absolute Gasteiger partial charge is 0.298 e. The van der Waals surface area contributed by atoms with E-state index in [0.717, 1.165) is 24.2 Å². The number of hydrogen-bond donors (Lipinski definition) is 0. The van der Waals surface area contributed by atoms with E-state index in [2.05, 4.69) is 6.92 Å². The Morgan fingerprint density at radius 1 is 1.06 bits per heavy atom. The zero-order valence-electron chi connectivity index (χ0n) is 10.5. The summed E-state index contributed by atoms with van der Waals surface area (Å²) < 4.78 is 0. The molecule has 1 fully saturated rings. The number of carbonyl (C=O) groups is 3. The molecule has 0 aromatic rings. The molecule has 1 aliphatic rings. The number of likely N-dealkylation sites (tertiary alicyclic amines) is 1. The first-order chi connectivity index (χ1) is 8.15. The number of nitrogens with zero attached hydrogens (tertiary/aromatic N) is 1. The van der Waals surface area contributed by atoms with Crippen LogP contribution in [0, 0.1) is 0 Å². The fourth-order valence-corrected chi connectivity index (χ4v) is 1.98. The second-order valence-electron chi connectivity index (χ2n) is 4.58. The van der Waals surface area contributed by atoms with Gasteiger partial charge in [-0.3, -0.25) is 19.3 Å². The lowest BCUT2D eigenvalue weighted by atomic mass is 10.1. The van der Waals surface area contributed by atoms with Gasteiger partial charge in [0.2, 0.25) is 11.8 Å². The first kappa shape index (κ1) is 13.9. The fraction of sp³-hybridized carbons (Fsp3) is 0.769. The Morgan fingerprint density at radius 3 is 2.24 bits per heavy atom. The Kier molecular flexibility index (Phi) is 5.87. The molecule has 0 bridgehead atoms. The van der Waals surface area contributed by atoms with Gasteiger partial charge in [-0.15, -0.1) is 0 Å². The van der Waals surface area contributed by atoms with E-state index in [-0.39, 0.29) is 37.0 Å². The second kappa shape index (κ2) is 7.20. The summed E-state index contributed by atoms with van der Waals surface area (Å²) in [6.45, 7) is 2.14. The summed E-state index contributed by atoms with van der Waals surface area (Å²) in [7, 11) is 0. The molecule has 0 aromatic carbocycles. The third-order valence-corrected chi connectivity index (χ3v) is 3.05. The van der Waals surface area contributed by atoms with Gasteiger partial charge in [-0.1, -0.05) is 32.6 Å². The zero-order valence-corrected chi connectivity index (χ0v) is 10.5. The van der Waals surface area contributed by atoms with Crippen LogP contribution in [-0.4, -0.2) is 29.0 Å². The topological polar surface area (TPSA) is 54.5 Å². The number of unbranched alkanes of at least 4 members (excludes halogenated alkanes) is 4. The van der Waals surface area contributed by atoms with Gasteiger partial charge in [-0.25, -0.2) is 0 Å². The van der Waals surface area contributed by atoms with Gasteiger partial charge in [-0.05, 0) is 6.42 Å². The summed E-state index contributed by atoms with van der Waals surface area (Å²) in [5.74, 6) is -0.395. The molecule has 0 unspecified atom stereocenters. The lowest BCUT2D eigenvalue weighted by molar-refractivity contribution is -0.141. The van der Waals surface area contributed by atoms with Crippen LogP contribution in [0.2, 0.25) is 0 Å². The van der Waals surface area contributed by atoms with Gasteiger partial charge in [-0.2, -0.15) is 0 Å². The SMILES string of the molecule is CCCCCCCC(=O)CN1C(=O)CCC1=O. The number of carbonyl (C=O) groups excluding carboxylic acids is 3. The molecular weight excluding hydrogens is 218 g/mol. The number of Topliss-reactive ketones (excluding diaryl/α,β-unsaturated/α-hetero) is 1. The van der Waals surface area contributed by atoms with Crippen molar-refractivity contribution in [2.75, 3.05) is 6.54 Å². The van der Waals surface area contributed by atoms with Crippen LogP contribution in [0.15, 0.2) is 0 Å². The first-order valence-corrected chi connectivity index (χ1v) is 6.50. The van der Waals surface area contributed by atoms with Crippen molar-refractivity contribution in [1.29, 1.82) is 0 Å². The maximum atomic E-state index is 11.6. The molecule has 96 valence electrons. The van der Waals surface area contributed by atoms with E-state index in [0.29, 0.717) is 6.42 Å². The molecule has 0 spiro atoms. The quantitative estimate of drug-likeness (QED) is 0.481. The van der Waals surface area contributed by atoms with Gasteiger partial charge in [0.05, 0.1) is 6.54 Å². The van der Waals surface area contributed by atoms with E-state index in [1.165, 1.54) is 12.8 Å². The third-order valence-electron chi connectivity index (χ3n) is 3.05. The first-order valence-electron chi connectivity index (χ1n) is 6.50. The maximum absolute atomic E-state index is 11.6. The summed E-state index contributed by atoms with van der Waals surface area (Å²) in [6.07, 6.45) is 6.50. The Morgan fingerprint density at radius 2 is 1.65 bits per heavy atom. The van der Waals surface area contributed by atoms with Gasteiger partial charge in [0.15, 0.2) is 5.78 Å². The van der Waals surface area contributed by atoms with E-state index in [1.54, 1.807) is 0 Å². The fourth-order valence-electron chi connectivity index (χ4n) is 1.98. The summed E-state index contributed by atoms with van der Waals surface area (Å²) in [5.41, 5.74) is 0. The Balaban J connectivity index is 2.16. The van der Waals surface area contributed by atoms with Crippen LogP contribution >= 0.6 is 0 Å². The van der Waals surface area contributed by atoms with Gasteiger partial charge in [0, 0.05) is 19.3 Å². The third kappa shape index (κ3) is 4.67. The molecule has 0 saturated carbocycles. The predicted molar refractivity (Wildman–Crippen MR) is 64.3 cm³/mol. The van der Waals surface area contributed by atoms with Gasteiger partial charge < -0.3 is 0 Å². The van der Waals surface area contributed by atoms with Crippen LogP contribution in [0.1, 0.15) is 58.3 Å². The Bertz CT molecular complexity index is 283. The number of ketones is 1. The molecular formula is C13H21NO3. The van der Waals surface area contributed by atoms with Gasteiger partial charge in [0.25, 0.3) is 0 Å². The maximum Gasteiger partial charge on any atom is 0.230 e. The number of imide groups is 1. The number of hydrogen-bond acceptors (Lipinski definition) is 3. The monoisotopic (exact) mass is 239 g/mol. The molecule has 4 nitrogen and oxygen atoms in total. The van der Waals surface area contributed by atoms with E-state index in [9.17, 15) is 14.4 Å². The number of rotatable bonds is 8. The van der Waals surface area contributed by atoms with E-state index in [4.69, 9.17) is 0 Å². The smallest absolute Gasteiger partial charge is 0.230 e. The predicted octanol–water partition coefficient (Wildman–Crippen LogP) is 2.06. The zero-order chi connectivity index (χ0) is 12.7. The van der Waals surface area contributed by atoms with Crippen LogP contribution in [-0.2, 0) is 14.4 Å². The van der Waals surface area contributed by atoms with Crippen molar-refractivity contribution in [2.45, 2.75) is 58.3 Å². The van der Waals surface area contributed by atoms with Crippen molar-refractivity contribution in [1.82, 2.24) is 4.90 Å². The highest BCUT2D eigenvalue weighted by molar-refractivity contribution is 6.04. The molecule has 1 rings (SSSR count). The van der Waals surface area contributed by atoms with Crippen LogP contribution in [0.4, 0.5) is 0 Å². The molecule has 17 heavy (non-hydrogen) atoms. The molecule has 2 amide bonds. The van der Waals surface area contributed by atoms with Crippen LogP contribution in [0.3, 0.4) is 0 Å². The Hall–Kier alpha value is -1.19. The molecule has 1 aliphatic heterocycles. The van der Waals surface area contributed by atoms with Crippen LogP contribution in [0.5, 0.6) is 0 Å². The summed E-state index contributed by atoms with van der Waals surface area (Å²) in [5, 5.41) is 0. The summed E-state index contributed by atoms with van der Waals surface area (Å²) in [6, 6.07) is 0. The molecule has 0 aromatic heterocycles. The second-order valence-corrected chi connectivity index (χ2v) is 4.58. The highest BCUT2D eigenvalue weighted by Gasteiger charge is 2.29. The molecule has 1 heterocycles. The average Bonchev–Trinajstić information content (AvgIpc) is 2.60. The molecule has 1 saturated heterocycles. The lowest BCUT2D eigenvalue weighted by Gasteiger charge is -2.12. The molecule has 0 atom stereocenters. The van der Waals surface area contributed by atoms with Crippen LogP contribution < -0.4 is 0 Å². The van der Waals surface area contributed by atoms with E-state index < -0.39 is 0 Å². The summed E-state index contributed by atoms with van der Waals surface area (Å²) >= 11 is 0. The molecule has 4 heteroatoms. The number of amides is 2. The Labute approximate surface area is 102 Å². The molecule has 0 radical (unpaired) electrons. The van der Waals surface area contributed by atoms with Crippen molar-refractivity contribution in [3.05, 3.63) is 0 Å². The van der Waals surface area contributed by atoms with E-state index >= 15 is 0 Å². The van der Waals surface area contributed by atoms with Crippen LogP contribution in [0.25, 0.3) is 0 Å². The van der Waals surface area contributed by atoms with Crippen molar-refractivity contribution in [2.24, 2.45) is 0 Å². The highest BCUT2D eigenvalue weighted by atomic mass is 16.2. The molecule has 0 aliphatic carbocycles. The van der Waals surface area contributed by atoms with Gasteiger partial charge in [0.1, 0.15) is 0 Å².